The fourth-order valence-corrected chi connectivity index (χ4v) is 4.21. The smallest absolute Gasteiger partial charge is 0.242 e. The maximum atomic E-state index is 13.1. The average Bonchev–Trinajstić information content (AvgIpc) is 2.71. The van der Waals surface area contributed by atoms with E-state index in [1.54, 1.807) is 28.8 Å². The van der Waals surface area contributed by atoms with Crippen LogP contribution in [0.5, 0.6) is 0 Å². The second-order valence-electron chi connectivity index (χ2n) is 6.89. The Bertz CT molecular complexity index is 811. The molecule has 2 rings (SSSR count). The monoisotopic (exact) mass is 432 g/mol. The molecule has 0 spiro atoms. The Morgan fingerprint density at radius 2 is 1.79 bits per heavy atom. The average molecular weight is 433 g/mol. The zero-order chi connectivity index (χ0) is 21.2. The summed E-state index contributed by atoms with van der Waals surface area (Å²) in [4.78, 5) is 27.4. The molecule has 0 heterocycles. The summed E-state index contributed by atoms with van der Waals surface area (Å²) < 4.78 is 0. The third kappa shape index (κ3) is 7.09. The van der Waals surface area contributed by atoms with Gasteiger partial charge in [0.05, 0.1) is 5.75 Å². The third-order valence-corrected chi connectivity index (χ3v) is 5.97. The summed E-state index contributed by atoms with van der Waals surface area (Å²) in [6.07, 6.45) is 0.563. The van der Waals surface area contributed by atoms with Gasteiger partial charge >= 0.3 is 0 Å². The van der Waals surface area contributed by atoms with Gasteiger partial charge in [-0.05, 0) is 49.1 Å². The van der Waals surface area contributed by atoms with Gasteiger partial charge in [0.25, 0.3) is 0 Å². The van der Waals surface area contributed by atoms with Crippen LogP contribution in [0.3, 0.4) is 0 Å². The molecule has 0 aliphatic heterocycles. The molecule has 0 unspecified atom stereocenters. The normalized spacial score (nSPS) is 11.7. The van der Waals surface area contributed by atoms with E-state index in [4.69, 9.17) is 11.6 Å². The Kier molecular flexibility index (Phi) is 9.55. The van der Waals surface area contributed by atoms with E-state index in [0.29, 0.717) is 30.3 Å². The first kappa shape index (κ1) is 23.3. The van der Waals surface area contributed by atoms with Crippen molar-refractivity contribution in [1.82, 2.24) is 10.2 Å². The summed E-state index contributed by atoms with van der Waals surface area (Å²) in [6.45, 7) is 6.82. The molecule has 1 N–H and O–H groups in total. The number of rotatable bonds is 10. The molecule has 1 atom stereocenters. The van der Waals surface area contributed by atoms with Crippen molar-refractivity contribution in [3.05, 3.63) is 70.2 Å². The Balaban J connectivity index is 2.11. The number of aryl methyl sites for hydroxylation is 1. The molecule has 4 nitrogen and oxygen atoms in total. The maximum absolute atomic E-state index is 13.1. The van der Waals surface area contributed by atoms with Crippen LogP contribution >= 0.6 is 23.4 Å². The van der Waals surface area contributed by atoms with Crippen molar-refractivity contribution >= 4 is 35.2 Å². The van der Waals surface area contributed by atoms with Crippen LogP contribution in [0.2, 0.25) is 5.02 Å². The first-order chi connectivity index (χ1) is 14.0. The highest BCUT2D eigenvalue weighted by Crippen LogP contribution is 2.19. The van der Waals surface area contributed by atoms with Gasteiger partial charge in [-0.15, -0.1) is 11.8 Å². The van der Waals surface area contributed by atoms with Gasteiger partial charge < -0.3 is 10.2 Å². The molecule has 2 aromatic rings. The molecular weight excluding hydrogens is 404 g/mol. The predicted molar refractivity (Wildman–Crippen MR) is 122 cm³/mol. The van der Waals surface area contributed by atoms with Gasteiger partial charge in [0, 0.05) is 23.9 Å². The predicted octanol–water partition coefficient (Wildman–Crippen LogP) is 4.83. The van der Waals surface area contributed by atoms with E-state index < -0.39 is 6.04 Å². The largest absolute Gasteiger partial charge is 0.355 e. The van der Waals surface area contributed by atoms with Gasteiger partial charge in [0.1, 0.15) is 6.04 Å². The lowest BCUT2D eigenvalue weighted by Crippen LogP contribution is -2.49. The molecule has 29 heavy (non-hydrogen) atoms. The first-order valence-electron chi connectivity index (χ1n) is 9.90. The molecule has 0 aromatic heterocycles. The standard InChI is InChI=1S/C23H29ClN2O2S/c1-4-21(23(28)25-5-2)26(14-18-10-12-20(24)13-11-18)22(27)16-29-15-19-9-7-6-8-17(19)3/h6-13,21H,4-5,14-16H2,1-3H3,(H,25,28)/t21-/m1/s1. The highest BCUT2D eigenvalue weighted by atomic mass is 35.5. The third-order valence-electron chi connectivity index (χ3n) is 4.75. The minimum Gasteiger partial charge on any atom is -0.355 e. The van der Waals surface area contributed by atoms with Crippen LogP contribution in [-0.4, -0.2) is 35.1 Å². The van der Waals surface area contributed by atoms with Crippen LogP contribution in [0.25, 0.3) is 0 Å². The molecular formula is C23H29ClN2O2S. The summed E-state index contributed by atoms with van der Waals surface area (Å²) in [5.41, 5.74) is 3.40. The Hall–Kier alpha value is -1.98. The summed E-state index contributed by atoms with van der Waals surface area (Å²) in [7, 11) is 0. The highest BCUT2D eigenvalue weighted by molar-refractivity contribution is 7.99. The van der Waals surface area contributed by atoms with Crippen molar-refractivity contribution in [3.8, 4) is 0 Å². The topological polar surface area (TPSA) is 49.4 Å². The van der Waals surface area contributed by atoms with Crippen molar-refractivity contribution in [3.63, 3.8) is 0 Å². The van der Waals surface area contributed by atoms with Gasteiger partial charge in [0.2, 0.25) is 11.8 Å². The summed E-state index contributed by atoms with van der Waals surface area (Å²) in [5.74, 6) is 0.959. The molecule has 0 radical (unpaired) electrons. The van der Waals surface area contributed by atoms with Crippen LogP contribution in [0.1, 0.15) is 37.0 Å². The van der Waals surface area contributed by atoms with E-state index in [-0.39, 0.29) is 11.8 Å². The van der Waals surface area contributed by atoms with E-state index in [2.05, 4.69) is 24.4 Å². The number of benzene rings is 2. The summed E-state index contributed by atoms with van der Waals surface area (Å²) >= 11 is 7.56. The van der Waals surface area contributed by atoms with Crippen LogP contribution in [0.4, 0.5) is 0 Å². The zero-order valence-electron chi connectivity index (χ0n) is 17.3. The van der Waals surface area contributed by atoms with E-state index in [1.165, 1.54) is 11.1 Å². The lowest BCUT2D eigenvalue weighted by Gasteiger charge is -2.30. The van der Waals surface area contributed by atoms with Gasteiger partial charge in [-0.1, -0.05) is 54.9 Å². The molecule has 2 amide bonds. The Morgan fingerprint density at radius 1 is 1.10 bits per heavy atom. The minimum absolute atomic E-state index is 0.0309. The van der Waals surface area contributed by atoms with Gasteiger partial charge in [-0.25, -0.2) is 0 Å². The second-order valence-corrected chi connectivity index (χ2v) is 8.31. The second kappa shape index (κ2) is 11.9. The molecule has 0 aliphatic rings. The van der Waals surface area contributed by atoms with Gasteiger partial charge in [-0.3, -0.25) is 9.59 Å². The molecule has 0 bridgehead atoms. The molecule has 0 saturated carbocycles. The number of nitrogens with one attached hydrogen (secondary N) is 1. The van der Waals surface area contributed by atoms with Crippen molar-refractivity contribution in [2.75, 3.05) is 12.3 Å². The van der Waals surface area contributed by atoms with Crippen molar-refractivity contribution in [2.45, 2.75) is 45.5 Å². The van der Waals surface area contributed by atoms with Gasteiger partial charge in [0.15, 0.2) is 0 Å². The molecule has 0 aliphatic carbocycles. The number of hydrogen-bond donors (Lipinski definition) is 1. The number of hydrogen-bond acceptors (Lipinski definition) is 3. The Labute approximate surface area is 183 Å². The van der Waals surface area contributed by atoms with E-state index >= 15 is 0 Å². The highest BCUT2D eigenvalue weighted by Gasteiger charge is 2.28. The quantitative estimate of drug-likeness (QED) is 0.585. The van der Waals surface area contributed by atoms with Crippen LogP contribution < -0.4 is 5.32 Å². The van der Waals surface area contributed by atoms with Crippen LogP contribution in [-0.2, 0) is 21.9 Å². The van der Waals surface area contributed by atoms with Crippen molar-refractivity contribution < 1.29 is 9.59 Å². The molecule has 0 fully saturated rings. The number of carbonyl (C=O) groups is 2. The van der Waals surface area contributed by atoms with Crippen molar-refractivity contribution in [1.29, 1.82) is 0 Å². The Morgan fingerprint density at radius 3 is 2.41 bits per heavy atom. The fourth-order valence-electron chi connectivity index (χ4n) is 3.10. The van der Waals surface area contributed by atoms with E-state index in [1.807, 2.05) is 38.1 Å². The maximum Gasteiger partial charge on any atom is 0.242 e. The fraction of sp³-hybridized carbons (Fsp3) is 0.391. The zero-order valence-corrected chi connectivity index (χ0v) is 18.9. The number of thioether (sulfide) groups is 1. The van der Waals surface area contributed by atoms with E-state index in [9.17, 15) is 9.59 Å². The number of amides is 2. The van der Waals surface area contributed by atoms with E-state index in [0.717, 1.165) is 11.3 Å². The summed E-state index contributed by atoms with van der Waals surface area (Å²) in [5, 5.41) is 3.50. The lowest BCUT2D eigenvalue weighted by molar-refractivity contribution is -0.139. The first-order valence-corrected chi connectivity index (χ1v) is 11.4. The molecule has 0 saturated heterocycles. The number of nitrogens with zero attached hydrogens (tertiary/aromatic N) is 1. The van der Waals surface area contributed by atoms with Crippen LogP contribution in [0.15, 0.2) is 48.5 Å². The summed E-state index contributed by atoms with van der Waals surface area (Å²) in [6, 6.07) is 15.1. The number of likely N-dealkylation sites (N-methyl/N-ethyl adjacent to an activating group) is 1. The molecule has 2 aromatic carbocycles. The number of carbonyl (C=O) groups excluding carboxylic acids is 2. The van der Waals surface area contributed by atoms with Crippen molar-refractivity contribution in [2.24, 2.45) is 0 Å². The molecule has 156 valence electrons. The molecule has 6 heteroatoms. The minimum atomic E-state index is -0.489. The lowest BCUT2D eigenvalue weighted by atomic mass is 10.1. The number of halogens is 1. The SMILES string of the molecule is CCNC(=O)[C@@H](CC)N(Cc1ccc(Cl)cc1)C(=O)CSCc1ccccc1C. The van der Waals surface area contributed by atoms with Gasteiger partial charge in [-0.2, -0.15) is 0 Å². The van der Waals surface area contributed by atoms with Crippen LogP contribution in [0, 0.1) is 6.92 Å².